The number of morpholine rings is 1. The van der Waals surface area contributed by atoms with Gasteiger partial charge in [-0.3, -0.25) is 9.30 Å². The Labute approximate surface area is 129 Å². The van der Waals surface area contributed by atoms with E-state index in [1.807, 2.05) is 10.5 Å². The topological polar surface area (TPSA) is 42.7 Å². The van der Waals surface area contributed by atoms with Gasteiger partial charge >= 0.3 is 0 Å². The minimum Gasteiger partial charge on any atom is -0.379 e. The van der Waals surface area contributed by atoms with Gasteiger partial charge in [0.2, 0.25) is 0 Å². The molecule has 3 heterocycles. The lowest BCUT2D eigenvalue weighted by Crippen LogP contribution is -2.35. The zero-order valence-electron chi connectivity index (χ0n) is 12.4. The van der Waals surface area contributed by atoms with Crippen LogP contribution in [0.3, 0.4) is 0 Å². The molecule has 0 spiro atoms. The Morgan fingerprint density at radius 3 is 2.55 bits per heavy atom. The zero-order chi connectivity index (χ0) is 14.8. The minimum atomic E-state index is 0.844. The van der Waals surface area contributed by atoms with Crippen molar-refractivity contribution in [3.63, 3.8) is 0 Å². The maximum absolute atomic E-state index is 5.39. The van der Waals surface area contributed by atoms with Crippen LogP contribution in [0.25, 0.3) is 16.8 Å². The molecule has 5 nitrogen and oxygen atoms in total. The average molecular weight is 294 g/mol. The monoisotopic (exact) mass is 294 g/mol. The van der Waals surface area contributed by atoms with Gasteiger partial charge in [0.25, 0.3) is 0 Å². The van der Waals surface area contributed by atoms with Crippen LogP contribution in [-0.4, -0.2) is 45.8 Å². The molecule has 1 aliphatic heterocycles. The van der Waals surface area contributed by atoms with E-state index in [-0.39, 0.29) is 0 Å². The minimum absolute atomic E-state index is 0.844. The first kappa shape index (κ1) is 13.4. The molecule has 0 unspecified atom stereocenters. The number of hydrogen-bond acceptors (Lipinski definition) is 4. The van der Waals surface area contributed by atoms with E-state index in [2.05, 4.69) is 51.6 Å². The number of rotatable bonds is 3. The summed E-state index contributed by atoms with van der Waals surface area (Å²) in [5.74, 6) is 0. The summed E-state index contributed by atoms with van der Waals surface area (Å²) in [6.45, 7) is 4.72. The van der Waals surface area contributed by atoms with Crippen LogP contribution in [0.2, 0.25) is 0 Å². The van der Waals surface area contributed by atoms with E-state index >= 15 is 0 Å². The standard InChI is InChI=1S/C17H18N4O/c1-3-15(16-5-6-17-19-18-13-21(17)12-16)4-2-14(1)11-20-7-9-22-10-8-20/h1-6,12-13H,7-11H2. The van der Waals surface area contributed by atoms with Gasteiger partial charge in [0, 0.05) is 25.8 Å². The number of benzene rings is 1. The Balaban J connectivity index is 1.53. The van der Waals surface area contributed by atoms with E-state index in [9.17, 15) is 0 Å². The van der Waals surface area contributed by atoms with E-state index in [0.717, 1.165) is 38.5 Å². The molecular weight excluding hydrogens is 276 g/mol. The van der Waals surface area contributed by atoms with Gasteiger partial charge in [-0.25, -0.2) is 0 Å². The molecule has 2 aromatic heterocycles. The quantitative estimate of drug-likeness (QED) is 0.743. The molecule has 1 saturated heterocycles. The number of ether oxygens (including phenoxy) is 1. The van der Waals surface area contributed by atoms with Gasteiger partial charge in [0.1, 0.15) is 6.33 Å². The van der Waals surface area contributed by atoms with Gasteiger partial charge in [-0.1, -0.05) is 24.3 Å². The highest BCUT2D eigenvalue weighted by Crippen LogP contribution is 2.20. The fourth-order valence-electron chi connectivity index (χ4n) is 2.82. The number of fused-ring (bicyclic) bond motifs is 1. The Hall–Kier alpha value is -2.24. The van der Waals surface area contributed by atoms with Crippen molar-refractivity contribution >= 4 is 5.65 Å². The van der Waals surface area contributed by atoms with Crippen LogP contribution in [-0.2, 0) is 11.3 Å². The summed E-state index contributed by atoms with van der Waals surface area (Å²) < 4.78 is 7.33. The molecule has 5 heteroatoms. The summed E-state index contributed by atoms with van der Waals surface area (Å²) in [6.07, 6.45) is 3.79. The van der Waals surface area contributed by atoms with Crippen LogP contribution in [0.5, 0.6) is 0 Å². The molecule has 0 radical (unpaired) electrons. The molecule has 0 atom stereocenters. The van der Waals surface area contributed by atoms with Crippen LogP contribution < -0.4 is 0 Å². The Morgan fingerprint density at radius 1 is 0.955 bits per heavy atom. The lowest BCUT2D eigenvalue weighted by Gasteiger charge is -2.26. The molecule has 0 N–H and O–H groups in total. The predicted octanol–water partition coefficient (Wildman–Crippen LogP) is 2.23. The van der Waals surface area contributed by atoms with Crippen LogP contribution in [0, 0.1) is 0 Å². The first-order valence-electron chi connectivity index (χ1n) is 7.57. The van der Waals surface area contributed by atoms with E-state index in [1.165, 1.54) is 16.7 Å². The Kier molecular flexibility index (Phi) is 3.58. The molecule has 0 saturated carbocycles. The van der Waals surface area contributed by atoms with E-state index in [0.29, 0.717) is 0 Å². The third-order valence-corrected chi connectivity index (χ3v) is 4.09. The van der Waals surface area contributed by atoms with Gasteiger partial charge in [-0.05, 0) is 28.8 Å². The molecule has 22 heavy (non-hydrogen) atoms. The summed E-state index contributed by atoms with van der Waals surface area (Å²) >= 11 is 0. The Morgan fingerprint density at radius 2 is 1.73 bits per heavy atom. The van der Waals surface area contributed by atoms with Crippen molar-refractivity contribution in [2.75, 3.05) is 26.3 Å². The summed E-state index contributed by atoms with van der Waals surface area (Å²) in [4.78, 5) is 2.43. The summed E-state index contributed by atoms with van der Waals surface area (Å²) in [7, 11) is 0. The largest absolute Gasteiger partial charge is 0.379 e. The van der Waals surface area contributed by atoms with Crippen molar-refractivity contribution in [2.24, 2.45) is 0 Å². The molecule has 112 valence electrons. The van der Waals surface area contributed by atoms with Gasteiger partial charge in [0.15, 0.2) is 5.65 Å². The lowest BCUT2D eigenvalue weighted by molar-refractivity contribution is 0.0342. The summed E-state index contributed by atoms with van der Waals surface area (Å²) in [5.41, 5.74) is 4.59. The highest BCUT2D eigenvalue weighted by Gasteiger charge is 2.10. The first-order chi connectivity index (χ1) is 10.9. The van der Waals surface area contributed by atoms with Crippen molar-refractivity contribution < 1.29 is 4.74 Å². The average Bonchev–Trinajstić information content (AvgIpc) is 3.04. The molecule has 1 aromatic carbocycles. The highest BCUT2D eigenvalue weighted by atomic mass is 16.5. The van der Waals surface area contributed by atoms with Crippen molar-refractivity contribution in [3.8, 4) is 11.1 Å². The third-order valence-electron chi connectivity index (χ3n) is 4.09. The van der Waals surface area contributed by atoms with Crippen LogP contribution in [0.4, 0.5) is 0 Å². The van der Waals surface area contributed by atoms with Crippen molar-refractivity contribution in [1.82, 2.24) is 19.5 Å². The molecular formula is C17H18N4O. The maximum atomic E-state index is 5.39. The van der Waals surface area contributed by atoms with Crippen molar-refractivity contribution in [3.05, 3.63) is 54.5 Å². The van der Waals surface area contributed by atoms with Gasteiger partial charge < -0.3 is 4.74 Å². The normalized spacial score (nSPS) is 16.2. The second-order valence-electron chi connectivity index (χ2n) is 5.60. The van der Waals surface area contributed by atoms with Gasteiger partial charge in [-0.2, -0.15) is 0 Å². The fourth-order valence-corrected chi connectivity index (χ4v) is 2.82. The maximum Gasteiger partial charge on any atom is 0.160 e. The SMILES string of the molecule is c1cc(-c2ccc3nncn3c2)ccc1CN1CCOCC1. The van der Waals surface area contributed by atoms with E-state index in [1.54, 1.807) is 6.33 Å². The van der Waals surface area contributed by atoms with Crippen molar-refractivity contribution in [2.45, 2.75) is 6.54 Å². The number of hydrogen-bond donors (Lipinski definition) is 0. The predicted molar refractivity (Wildman–Crippen MR) is 84.5 cm³/mol. The summed E-state index contributed by atoms with van der Waals surface area (Å²) in [6, 6.07) is 12.9. The smallest absolute Gasteiger partial charge is 0.160 e. The molecule has 0 amide bonds. The van der Waals surface area contributed by atoms with Crippen LogP contribution >= 0.6 is 0 Å². The highest BCUT2D eigenvalue weighted by molar-refractivity contribution is 5.64. The van der Waals surface area contributed by atoms with E-state index in [4.69, 9.17) is 4.74 Å². The van der Waals surface area contributed by atoms with E-state index < -0.39 is 0 Å². The molecule has 0 aliphatic carbocycles. The molecule has 3 aromatic rings. The third kappa shape index (κ3) is 2.73. The lowest BCUT2D eigenvalue weighted by atomic mass is 10.1. The van der Waals surface area contributed by atoms with Crippen LogP contribution in [0.15, 0.2) is 48.9 Å². The number of nitrogens with zero attached hydrogens (tertiary/aromatic N) is 4. The Bertz CT molecular complexity index is 760. The number of pyridine rings is 1. The molecule has 0 bridgehead atoms. The zero-order valence-corrected chi connectivity index (χ0v) is 12.4. The first-order valence-corrected chi connectivity index (χ1v) is 7.57. The fraction of sp³-hybridized carbons (Fsp3) is 0.294. The van der Waals surface area contributed by atoms with Crippen molar-refractivity contribution in [1.29, 1.82) is 0 Å². The van der Waals surface area contributed by atoms with Crippen LogP contribution in [0.1, 0.15) is 5.56 Å². The second kappa shape index (κ2) is 5.87. The number of aromatic nitrogens is 3. The molecule has 1 fully saturated rings. The van der Waals surface area contributed by atoms with Gasteiger partial charge in [0.05, 0.1) is 13.2 Å². The summed E-state index contributed by atoms with van der Waals surface area (Å²) in [5, 5.41) is 7.94. The van der Waals surface area contributed by atoms with Gasteiger partial charge in [-0.15, -0.1) is 10.2 Å². The molecule has 1 aliphatic rings. The molecule has 4 rings (SSSR count). The second-order valence-corrected chi connectivity index (χ2v) is 5.60.